The summed E-state index contributed by atoms with van der Waals surface area (Å²) in [5, 5.41) is 11.7. The number of carboxylic acid groups (broad SMARTS) is 1. The van der Waals surface area contributed by atoms with Crippen molar-refractivity contribution in [2.75, 3.05) is 0 Å². The molecule has 0 saturated heterocycles. The molecule has 0 unspecified atom stereocenters. The molecule has 0 aliphatic rings. The van der Waals surface area contributed by atoms with Crippen molar-refractivity contribution < 1.29 is 32.6 Å². The van der Waals surface area contributed by atoms with Crippen LogP contribution < -0.4 is 10.1 Å². The lowest BCUT2D eigenvalue weighted by Gasteiger charge is -2.31. The van der Waals surface area contributed by atoms with Gasteiger partial charge in [-0.2, -0.15) is 0 Å². The molecule has 1 amide bonds. The van der Waals surface area contributed by atoms with Crippen LogP contribution >= 0.6 is 0 Å². The monoisotopic (exact) mass is 347 g/mol. The first kappa shape index (κ1) is 19.8. The van der Waals surface area contributed by atoms with Gasteiger partial charge in [-0.3, -0.25) is 9.59 Å². The predicted octanol–water partition coefficient (Wildman–Crippen LogP) is 3.28. The van der Waals surface area contributed by atoms with Gasteiger partial charge in [0.05, 0.1) is 12.8 Å². The Morgan fingerprint density at radius 2 is 1.67 bits per heavy atom. The minimum atomic E-state index is -4.77. The Kier molecular flexibility index (Phi) is 6.62. The van der Waals surface area contributed by atoms with E-state index < -0.39 is 17.9 Å². The van der Waals surface area contributed by atoms with Gasteiger partial charge in [-0.1, -0.05) is 26.0 Å². The van der Waals surface area contributed by atoms with Crippen LogP contribution in [0.5, 0.6) is 5.75 Å². The minimum Gasteiger partial charge on any atom is -0.481 e. The Bertz CT molecular complexity index is 566. The Hall–Kier alpha value is -2.25. The number of hydrogen-bond donors (Lipinski definition) is 2. The fraction of sp³-hybridized carbons (Fsp3) is 0.500. The molecule has 0 aliphatic carbocycles. The fourth-order valence-corrected chi connectivity index (χ4v) is 2.34. The molecule has 5 nitrogen and oxygen atoms in total. The SMILES string of the molecule is CCC(CC)(CC(=O)O)NC(=O)Cc1ccc(OC(F)(F)F)cc1. The largest absolute Gasteiger partial charge is 0.573 e. The highest BCUT2D eigenvalue weighted by molar-refractivity contribution is 5.80. The Morgan fingerprint density at radius 3 is 2.08 bits per heavy atom. The summed E-state index contributed by atoms with van der Waals surface area (Å²) in [6.45, 7) is 3.58. The number of carbonyl (C=O) groups is 2. The van der Waals surface area contributed by atoms with Gasteiger partial charge in [0.1, 0.15) is 5.75 Å². The maximum atomic E-state index is 12.1. The summed E-state index contributed by atoms with van der Waals surface area (Å²) in [6, 6.07) is 4.97. The van der Waals surface area contributed by atoms with Crippen LogP contribution in [0.4, 0.5) is 13.2 Å². The van der Waals surface area contributed by atoms with Crippen LogP contribution in [0.15, 0.2) is 24.3 Å². The molecule has 1 aromatic rings. The molecule has 0 bridgehead atoms. The topological polar surface area (TPSA) is 75.6 Å². The first-order valence-corrected chi connectivity index (χ1v) is 7.46. The van der Waals surface area contributed by atoms with Crippen LogP contribution in [0.25, 0.3) is 0 Å². The van der Waals surface area contributed by atoms with E-state index in [0.717, 1.165) is 12.1 Å². The van der Waals surface area contributed by atoms with Crippen molar-refractivity contribution in [2.45, 2.75) is 51.4 Å². The van der Waals surface area contributed by atoms with Crippen LogP contribution in [0.2, 0.25) is 0 Å². The van der Waals surface area contributed by atoms with Gasteiger partial charge < -0.3 is 15.2 Å². The number of alkyl halides is 3. The smallest absolute Gasteiger partial charge is 0.481 e. The molecule has 0 spiro atoms. The maximum absolute atomic E-state index is 12.1. The minimum absolute atomic E-state index is 0.0618. The van der Waals surface area contributed by atoms with Crippen molar-refractivity contribution >= 4 is 11.9 Å². The van der Waals surface area contributed by atoms with Crippen molar-refractivity contribution in [1.82, 2.24) is 5.32 Å². The van der Waals surface area contributed by atoms with Crippen molar-refractivity contribution in [3.63, 3.8) is 0 Å². The van der Waals surface area contributed by atoms with Crippen LogP contribution in [0.1, 0.15) is 38.7 Å². The van der Waals surface area contributed by atoms with E-state index in [9.17, 15) is 22.8 Å². The van der Waals surface area contributed by atoms with Crippen LogP contribution in [-0.4, -0.2) is 28.9 Å². The molecular formula is C16H20F3NO4. The number of amides is 1. The second-order valence-electron chi connectivity index (χ2n) is 5.47. The van der Waals surface area contributed by atoms with E-state index in [1.54, 1.807) is 13.8 Å². The number of hydrogen-bond acceptors (Lipinski definition) is 3. The number of benzene rings is 1. The third-order valence-electron chi connectivity index (χ3n) is 3.77. The number of rotatable bonds is 8. The van der Waals surface area contributed by atoms with Gasteiger partial charge in [-0.25, -0.2) is 0 Å². The lowest BCUT2D eigenvalue weighted by molar-refractivity contribution is -0.274. The molecule has 0 radical (unpaired) electrons. The summed E-state index contributed by atoms with van der Waals surface area (Å²) in [5.41, 5.74) is -0.333. The zero-order valence-electron chi connectivity index (χ0n) is 13.4. The van der Waals surface area contributed by atoms with Crippen molar-refractivity contribution in [3.05, 3.63) is 29.8 Å². The maximum Gasteiger partial charge on any atom is 0.573 e. The van der Waals surface area contributed by atoms with E-state index >= 15 is 0 Å². The molecule has 24 heavy (non-hydrogen) atoms. The Labute approximate surface area is 137 Å². The zero-order chi connectivity index (χ0) is 18.4. The average molecular weight is 347 g/mol. The van der Waals surface area contributed by atoms with Crippen molar-refractivity contribution in [1.29, 1.82) is 0 Å². The van der Waals surface area contributed by atoms with Gasteiger partial charge in [-0.05, 0) is 30.5 Å². The van der Waals surface area contributed by atoms with E-state index in [2.05, 4.69) is 10.1 Å². The summed E-state index contributed by atoms with van der Waals surface area (Å²) in [7, 11) is 0. The quantitative estimate of drug-likeness (QED) is 0.757. The summed E-state index contributed by atoms with van der Waals surface area (Å²) < 4.78 is 40.0. The number of carbonyl (C=O) groups excluding carboxylic acids is 1. The highest BCUT2D eigenvalue weighted by Gasteiger charge is 2.32. The van der Waals surface area contributed by atoms with E-state index in [4.69, 9.17) is 5.11 Å². The summed E-state index contributed by atoms with van der Waals surface area (Å²) >= 11 is 0. The van der Waals surface area contributed by atoms with Gasteiger partial charge >= 0.3 is 12.3 Å². The second kappa shape index (κ2) is 8.03. The second-order valence-corrected chi connectivity index (χ2v) is 5.47. The lowest BCUT2D eigenvalue weighted by Crippen LogP contribution is -2.49. The van der Waals surface area contributed by atoms with Crippen LogP contribution in [0.3, 0.4) is 0 Å². The molecule has 0 aromatic heterocycles. The van der Waals surface area contributed by atoms with Crippen LogP contribution in [-0.2, 0) is 16.0 Å². The molecule has 1 rings (SSSR count). The summed E-state index contributed by atoms with van der Waals surface area (Å²) in [6.07, 6.45) is -4.10. The van der Waals surface area contributed by atoms with Gasteiger partial charge in [0.2, 0.25) is 5.91 Å². The molecule has 8 heteroatoms. The highest BCUT2D eigenvalue weighted by Crippen LogP contribution is 2.23. The number of ether oxygens (including phenoxy) is 1. The molecule has 0 fully saturated rings. The van der Waals surface area contributed by atoms with Gasteiger partial charge in [0.15, 0.2) is 0 Å². The zero-order valence-corrected chi connectivity index (χ0v) is 13.4. The predicted molar refractivity (Wildman–Crippen MR) is 80.5 cm³/mol. The third-order valence-corrected chi connectivity index (χ3v) is 3.77. The molecule has 134 valence electrons. The average Bonchev–Trinajstić information content (AvgIpc) is 2.46. The van der Waals surface area contributed by atoms with E-state index in [-0.39, 0.29) is 24.5 Å². The normalized spacial score (nSPS) is 11.9. The first-order chi connectivity index (χ1) is 11.1. The molecule has 0 aliphatic heterocycles. The molecule has 0 heterocycles. The van der Waals surface area contributed by atoms with Gasteiger partial charge in [0, 0.05) is 5.54 Å². The molecule has 1 aromatic carbocycles. The number of halogens is 3. The van der Waals surface area contributed by atoms with Crippen molar-refractivity contribution in [2.24, 2.45) is 0 Å². The van der Waals surface area contributed by atoms with Crippen molar-refractivity contribution in [3.8, 4) is 5.75 Å². The summed E-state index contributed by atoms with van der Waals surface area (Å²) in [5.74, 6) is -1.76. The van der Waals surface area contributed by atoms with E-state index in [1.165, 1.54) is 12.1 Å². The summed E-state index contributed by atoms with van der Waals surface area (Å²) in [4.78, 5) is 23.1. The molecule has 0 saturated carbocycles. The number of nitrogens with one attached hydrogen (secondary N) is 1. The van der Waals surface area contributed by atoms with Gasteiger partial charge in [-0.15, -0.1) is 13.2 Å². The molecular weight excluding hydrogens is 327 g/mol. The highest BCUT2D eigenvalue weighted by atomic mass is 19.4. The third kappa shape index (κ3) is 6.47. The van der Waals surface area contributed by atoms with E-state index in [1.807, 2.05) is 0 Å². The number of aliphatic carboxylic acids is 1. The fourth-order valence-electron chi connectivity index (χ4n) is 2.34. The van der Waals surface area contributed by atoms with E-state index in [0.29, 0.717) is 18.4 Å². The first-order valence-electron chi connectivity index (χ1n) is 7.46. The standard InChI is InChI=1S/C16H20F3NO4/c1-3-15(4-2,10-14(22)23)20-13(21)9-11-5-7-12(8-6-11)24-16(17,18)19/h5-8H,3-4,9-10H2,1-2H3,(H,20,21)(H,22,23). The Morgan fingerprint density at radius 1 is 1.12 bits per heavy atom. The lowest BCUT2D eigenvalue weighted by atomic mass is 9.88. The molecule has 2 N–H and O–H groups in total. The van der Waals surface area contributed by atoms with Gasteiger partial charge in [0.25, 0.3) is 0 Å². The molecule has 0 atom stereocenters. The van der Waals surface area contributed by atoms with Crippen LogP contribution in [0, 0.1) is 0 Å². The Balaban J connectivity index is 2.71. The number of carboxylic acids is 1.